The van der Waals surface area contributed by atoms with Crippen molar-refractivity contribution in [3.8, 4) is 11.3 Å². The lowest BCUT2D eigenvalue weighted by Gasteiger charge is -2.13. The lowest BCUT2D eigenvalue weighted by atomic mass is 9.94. The molecule has 1 aliphatic heterocycles. The molecule has 3 aromatic rings. The predicted octanol–water partition coefficient (Wildman–Crippen LogP) is 3.97. The van der Waals surface area contributed by atoms with Crippen molar-refractivity contribution in [2.45, 2.75) is 13.8 Å². The second-order valence-electron chi connectivity index (χ2n) is 7.03. The van der Waals surface area contributed by atoms with Crippen LogP contribution in [0.15, 0.2) is 59.1 Å². The van der Waals surface area contributed by atoms with E-state index in [-0.39, 0.29) is 23.1 Å². The molecule has 0 unspecified atom stereocenters. The first kappa shape index (κ1) is 18.6. The number of rotatable bonds is 3. The molecule has 29 heavy (non-hydrogen) atoms. The van der Waals surface area contributed by atoms with E-state index in [1.54, 1.807) is 50.2 Å². The van der Waals surface area contributed by atoms with Crippen LogP contribution in [0.1, 0.15) is 19.4 Å². The number of benzene rings is 2. The number of nitrogens with one attached hydrogen (secondary N) is 2. The smallest absolute Gasteiger partial charge is 0.404 e. The van der Waals surface area contributed by atoms with Crippen molar-refractivity contribution in [1.82, 2.24) is 10.3 Å². The van der Waals surface area contributed by atoms with E-state index in [0.29, 0.717) is 22.2 Å². The van der Waals surface area contributed by atoms with Gasteiger partial charge in [0, 0.05) is 22.2 Å². The number of alkyl carbamates (subject to hydrolysis) is 1. The average molecular weight is 392 g/mol. The second kappa shape index (κ2) is 7.01. The number of carbonyl (C=O) groups is 2. The fourth-order valence-electron chi connectivity index (χ4n) is 3.44. The van der Waals surface area contributed by atoms with Gasteiger partial charge in [0.05, 0.1) is 0 Å². The average Bonchev–Trinajstić information content (AvgIpc) is 3.01. The minimum atomic E-state index is -0.866. The molecule has 7 heteroatoms. The summed E-state index contributed by atoms with van der Waals surface area (Å²) in [6.07, 6.45) is -0.866. The van der Waals surface area contributed by atoms with Crippen molar-refractivity contribution < 1.29 is 18.7 Å². The number of pyridine rings is 1. The third-order valence-electron chi connectivity index (χ3n) is 4.78. The number of cyclic esters (lactones) is 1. The van der Waals surface area contributed by atoms with Crippen LogP contribution in [0, 0.1) is 11.7 Å². The summed E-state index contributed by atoms with van der Waals surface area (Å²) in [5.74, 6) is -1.43. The molecule has 1 aromatic heterocycles. The van der Waals surface area contributed by atoms with Crippen molar-refractivity contribution >= 4 is 28.3 Å². The van der Waals surface area contributed by atoms with Gasteiger partial charge in [0.25, 0.3) is 11.5 Å². The van der Waals surface area contributed by atoms with E-state index in [1.807, 2.05) is 11.4 Å². The summed E-state index contributed by atoms with van der Waals surface area (Å²) in [4.78, 5) is 38.9. The third-order valence-corrected chi connectivity index (χ3v) is 4.78. The first-order chi connectivity index (χ1) is 13.8. The highest BCUT2D eigenvalue weighted by atomic mass is 19.1. The van der Waals surface area contributed by atoms with Crippen molar-refractivity contribution in [2.75, 3.05) is 0 Å². The van der Waals surface area contributed by atoms with Crippen LogP contribution in [0.5, 0.6) is 0 Å². The Labute approximate surface area is 165 Å². The van der Waals surface area contributed by atoms with Crippen molar-refractivity contribution in [2.24, 2.45) is 5.92 Å². The third kappa shape index (κ3) is 3.31. The van der Waals surface area contributed by atoms with Crippen LogP contribution in [0.25, 0.3) is 27.6 Å². The van der Waals surface area contributed by atoms with E-state index in [0.717, 1.165) is 5.39 Å². The zero-order valence-electron chi connectivity index (χ0n) is 15.7. The molecular formula is C22H17FN2O4. The summed E-state index contributed by atoms with van der Waals surface area (Å²) >= 11 is 0. The number of aromatic amines is 1. The molecule has 2 amide bonds. The van der Waals surface area contributed by atoms with Gasteiger partial charge in [-0.15, -0.1) is 0 Å². The number of aromatic nitrogens is 1. The predicted molar refractivity (Wildman–Crippen MR) is 106 cm³/mol. The summed E-state index contributed by atoms with van der Waals surface area (Å²) in [6, 6.07) is 13.3. The van der Waals surface area contributed by atoms with Crippen molar-refractivity contribution in [3.63, 3.8) is 0 Å². The number of H-pyrrole nitrogens is 1. The topological polar surface area (TPSA) is 88.3 Å². The van der Waals surface area contributed by atoms with Gasteiger partial charge < -0.3 is 9.72 Å². The molecule has 2 heterocycles. The van der Waals surface area contributed by atoms with Crippen molar-refractivity contribution in [1.29, 1.82) is 0 Å². The van der Waals surface area contributed by atoms with Crippen molar-refractivity contribution in [3.05, 3.63) is 76.0 Å². The van der Waals surface area contributed by atoms with E-state index < -0.39 is 17.6 Å². The number of fused-ring (bicyclic) bond motifs is 1. The number of carbonyl (C=O) groups excluding carboxylic acids is 2. The Morgan fingerprint density at radius 3 is 2.48 bits per heavy atom. The Morgan fingerprint density at radius 1 is 1.03 bits per heavy atom. The van der Waals surface area contributed by atoms with Crippen LogP contribution in [0.2, 0.25) is 0 Å². The minimum absolute atomic E-state index is 0.170. The van der Waals surface area contributed by atoms with Gasteiger partial charge >= 0.3 is 6.09 Å². The van der Waals surface area contributed by atoms with Gasteiger partial charge in [-0.05, 0) is 41.1 Å². The number of hydrogen-bond donors (Lipinski definition) is 2. The zero-order chi connectivity index (χ0) is 20.7. The molecule has 1 saturated heterocycles. The van der Waals surface area contributed by atoms with Gasteiger partial charge in [0.1, 0.15) is 5.82 Å². The lowest BCUT2D eigenvalue weighted by molar-refractivity contribution is -0.116. The summed E-state index contributed by atoms with van der Waals surface area (Å²) in [6.45, 7) is 3.59. The number of ether oxygens (including phenoxy) is 1. The largest absolute Gasteiger partial charge is 0.419 e. The highest BCUT2D eigenvalue weighted by Crippen LogP contribution is 2.29. The monoisotopic (exact) mass is 392 g/mol. The molecule has 0 bridgehead atoms. The number of amides is 2. The molecule has 1 fully saturated rings. The normalized spacial score (nSPS) is 15.6. The summed E-state index contributed by atoms with van der Waals surface area (Å²) in [5.41, 5.74) is 1.28. The van der Waals surface area contributed by atoms with Gasteiger partial charge in [-0.2, -0.15) is 0 Å². The van der Waals surface area contributed by atoms with Crippen LogP contribution in [-0.2, 0) is 9.53 Å². The maximum Gasteiger partial charge on any atom is 0.419 e. The van der Waals surface area contributed by atoms with E-state index in [2.05, 4.69) is 4.98 Å². The quantitative estimate of drug-likeness (QED) is 0.660. The fourth-order valence-corrected chi connectivity index (χ4v) is 3.44. The van der Waals surface area contributed by atoms with Crippen LogP contribution >= 0.6 is 0 Å². The van der Waals surface area contributed by atoms with Gasteiger partial charge in [0.2, 0.25) is 5.76 Å². The van der Waals surface area contributed by atoms with Crippen LogP contribution < -0.4 is 10.9 Å². The molecule has 0 spiro atoms. The van der Waals surface area contributed by atoms with Crippen LogP contribution in [0.3, 0.4) is 0 Å². The van der Waals surface area contributed by atoms with Gasteiger partial charge in [-0.25, -0.2) is 9.18 Å². The molecule has 0 radical (unpaired) electrons. The van der Waals surface area contributed by atoms with E-state index >= 15 is 0 Å². The maximum atomic E-state index is 14.1. The summed E-state index contributed by atoms with van der Waals surface area (Å²) < 4.78 is 19.1. The van der Waals surface area contributed by atoms with E-state index in [4.69, 9.17) is 4.74 Å². The number of allylic oxidation sites excluding steroid dienone is 1. The Kier molecular flexibility index (Phi) is 4.50. The Balaban J connectivity index is 1.82. The first-order valence-corrected chi connectivity index (χ1v) is 9.05. The minimum Gasteiger partial charge on any atom is -0.404 e. The number of hydrogen-bond acceptors (Lipinski definition) is 4. The molecule has 0 saturated carbocycles. The first-order valence-electron chi connectivity index (χ1n) is 9.05. The molecule has 2 aromatic carbocycles. The van der Waals surface area contributed by atoms with Crippen LogP contribution in [0.4, 0.5) is 9.18 Å². The standard InChI is InChI=1S/C22H17FN2O4/c1-11(2)18(19-21(27)25-22(28)29-19)14-8-9-17(24-20(14)26)13-7-6-12-4-3-5-16(23)15(12)10-13/h3-11H,1-2H3,(H,24,26)(H,25,27,28)/b19-18+. The highest BCUT2D eigenvalue weighted by molar-refractivity contribution is 6.11. The highest BCUT2D eigenvalue weighted by Gasteiger charge is 2.32. The van der Waals surface area contributed by atoms with Crippen LogP contribution in [-0.4, -0.2) is 17.0 Å². The summed E-state index contributed by atoms with van der Waals surface area (Å²) in [5, 5.41) is 3.26. The maximum absolute atomic E-state index is 14.1. The molecule has 2 N–H and O–H groups in total. The molecule has 6 nitrogen and oxygen atoms in total. The van der Waals surface area contributed by atoms with Gasteiger partial charge in [-0.1, -0.05) is 38.1 Å². The van der Waals surface area contributed by atoms with E-state index in [9.17, 15) is 18.8 Å². The molecule has 0 aliphatic carbocycles. The molecule has 1 aliphatic rings. The second-order valence-corrected chi connectivity index (χ2v) is 7.03. The van der Waals surface area contributed by atoms with E-state index in [1.165, 1.54) is 6.07 Å². The molecular weight excluding hydrogens is 375 g/mol. The fraction of sp³-hybridized carbons (Fsp3) is 0.136. The Morgan fingerprint density at radius 2 is 1.83 bits per heavy atom. The number of halogens is 1. The summed E-state index contributed by atoms with van der Waals surface area (Å²) in [7, 11) is 0. The number of imide groups is 1. The molecule has 146 valence electrons. The molecule has 0 atom stereocenters. The molecule has 4 rings (SSSR count). The lowest BCUT2D eigenvalue weighted by Crippen LogP contribution is -2.20. The Hall–Kier alpha value is -3.74. The van der Waals surface area contributed by atoms with Gasteiger partial charge in [0.15, 0.2) is 0 Å². The zero-order valence-corrected chi connectivity index (χ0v) is 15.7. The SMILES string of the molecule is CC(C)/C(=C1\OC(=O)NC1=O)c1ccc(-c2ccc3cccc(F)c3c2)[nH]c1=O. The van der Waals surface area contributed by atoms with Gasteiger partial charge in [-0.3, -0.25) is 14.9 Å². The Bertz CT molecular complexity index is 1260.